The van der Waals surface area contributed by atoms with E-state index < -0.39 is 5.91 Å². The van der Waals surface area contributed by atoms with Crippen molar-refractivity contribution in [1.29, 1.82) is 0 Å². The molecular weight excluding hydrogens is 354 g/mol. The Kier molecular flexibility index (Phi) is 6.62. The average Bonchev–Trinajstić information content (AvgIpc) is 3.14. The summed E-state index contributed by atoms with van der Waals surface area (Å²) in [6.07, 6.45) is 5.63. The smallest absolute Gasteiger partial charge is 0.267 e. The van der Waals surface area contributed by atoms with Crippen molar-refractivity contribution >= 4 is 23.5 Å². The van der Waals surface area contributed by atoms with Crippen molar-refractivity contribution in [3.63, 3.8) is 0 Å². The maximum Gasteiger partial charge on any atom is 0.267 e. The summed E-state index contributed by atoms with van der Waals surface area (Å²) in [6, 6.07) is 12.9. The van der Waals surface area contributed by atoms with Gasteiger partial charge in [-0.3, -0.25) is 14.9 Å². The maximum atomic E-state index is 11.0. The third-order valence-electron chi connectivity index (χ3n) is 4.81. The molecule has 1 amide bonds. The summed E-state index contributed by atoms with van der Waals surface area (Å²) < 4.78 is 0. The lowest BCUT2D eigenvalue weighted by Crippen LogP contribution is -2.26. The van der Waals surface area contributed by atoms with Crippen LogP contribution in [0.3, 0.4) is 0 Å². The van der Waals surface area contributed by atoms with Crippen LogP contribution in [0.15, 0.2) is 48.7 Å². The number of rotatable bonds is 7. The van der Waals surface area contributed by atoms with Crippen LogP contribution in [-0.4, -0.2) is 54.2 Å². The molecule has 1 aromatic heterocycles. The van der Waals surface area contributed by atoms with E-state index in [9.17, 15) is 4.79 Å². The molecule has 3 N–H and O–H groups in total. The van der Waals surface area contributed by atoms with Crippen molar-refractivity contribution in [3.05, 3.63) is 59.8 Å². The molecule has 1 aliphatic heterocycles. The summed E-state index contributed by atoms with van der Waals surface area (Å²) in [5.74, 6) is 0.260. The maximum absolute atomic E-state index is 11.0. The Hall–Kier alpha value is -2.90. The highest BCUT2D eigenvalue weighted by molar-refractivity contribution is 5.90. The molecule has 0 bridgehead atoms. The number of hydroxylamine groups is 1. The summed E-state index contributed by atoms with van der Waals surface area (Å²) in [6.45, 7) is 3.00. The molecule has 0 spiro atoms. The fourth-order valence-corrected chi connectivity index (χ4v) is 3.26. The van der Waals surface area contributed by atoms with Crippen molar-refractivity contribution in [2.45, 2.75) is 19.0 Å². The standard InChI is InChI=1S/C21H27N5O2/c1-25(2)19-7-3-17(4-8-19)14-26-12-11-18(15-26)23-20-9-5-16(13-22-20)6-10-21(27)24-28/h3-10,13,18,28H,11-12,14-15H2,1-2H3,(H,22,23)(H,24,27)/b10-6+/t18-/m1/s1. The van der Waals surface area contributed by atoms with E-state index in [0.29, 0.717) is 6.04 Å². The number of pyridine rings is 1. The van der Waals surface area contributed by atoms with Crippen LogP contribution in [0.5, 0.6) is 0 Å². The predicted molar refractivity (Wildman–Crippen MR) is 111 cm³/mol. The largest absolute Gasteiger partial charge is 0.378 e. The van der Waals surface area contributed by atoms with E-state index >= 15 is 0 Å². The van der Waals surface area contributed by atoms with Gasteiger partial charge in [-0.05, 0) is 47.9 Å². The van der Waals surface area contributed by atoms with Gasteiger partial charge in [0.1, 0.15) is 5.82 Å². The monoisotopic (exact) mass is 381 g/mol. The number of hydrogen-bond donors (Lipinski definition) is 3. The van der Waals surface area contributed by atoms with Crippen molar-refractivity contribution in [1.82, 2.24) is 15.4 Å². The second-order valence-corrected chi connectivity index (χ2v) is 7.21. The van der Waals surface area contributed by atoms with Gasteiger partial charge in [-0.15, -0.1) is 0 Å². The first-order chi connectivity index (χ1) is 13.5. The molecule has 1 atom stereocenters. The molecule has 2 aromatic rings. The van der Waals surface area contributed by atoms with Crippen LogP contribution in [0, 0.1) is 0 Å². The molecule has 0 radical (unpaired) electrons. The van der Waals surface area contributed by atoms with Gasteiger partial charge in [0.25, 0.3) is 5.91 Å². The Bertz CT molecular complexity index is 803. The lowest BCUT2D eigenvalue weighted by molar-refractivity contribution is -0.124. The molecule has 28 heavy (non-hydrogen) atoms. The third kappa shape index (κ3) is 5.55. The van der Waals surface area contributed by atoms with E-state index in [1.165, 1.54) is 17.3 Å². The van der Waals surface area contributed by atoms with E-state index in [-0.39, 0.29) is 0 Å². The Morgan fingerprint density at radius 2 is 2.07 bits per heavy atom. The van der Waals surface area contributed by atoms with Crippen molar-refractivity contribution < 1.29 is 10.0 Å². The Balaban J connectivity index is 1.49. The molecule has 2 heterocycles. The second-order valence-electron chi connectivity index (χ2n) is 7.21. The minimum Gasteiger partial charge on any atom is -0.378 e. The molecular formula is C21H27N5O2. The number of nitrogens with zero attached hydrogens (tertiary/aromatic N) is 3. The van der Waals surface area contributed by atoms with Crippen LogP contribution in [0.4, 0.5) is 11.5 Å². The molecule has 7 heteroatoms. The summed E-state index contributed by atoms with van der Waals surface area (Å²) in [5.41, 5.74) is 4.89. The number of amides is 1. The van der Waals surface area contributed by atoms with Gasteiger partial charge >= 0.3 is 0 Å². The van der Waals surface area contributed by atoms with Crippen LogP contribution in [-0.2, 0) is 11.3 Å². The predicted octanol–water partition coefficient (Wildman–Crippen LogP) is 2.35. The van der Waals surface area contributed by atoms with Crippen LogP contribution in [0.1, 0.15) is 17.5 Å². The molecule has 0 unspecified atom stereocenters. The zero-order valence-electron chi connectivity index (χ0n) is 16.3. The number of aromatic nitrogens is 1. The van der Waals surface area contributed by atoms with Crippen molar-refractivity contribution in [2.24, 2.45) is 0 Å². The third-order valence-corrected chi connectivity index (χ3v) is 4.81. The molecule has 148 valence electrons. The minimum atomic E-state index is -0.565. The van der Waals surface area contributed by atoms with Crippen molar-refractivity contribution in [2.75, 3.05) is 37.4 Å². The molecule has 1 aliphatic rings. The Labute approximate surface area is 165 Å². The number of benzene rings is 1. The van der Waals surface area contributed by atoms with Crippen LogP contribution < -0.4 is 15.7 Å². The van der Waals surface area contributed by atoms with Gasteiger partial charge in [0, 0.05) is 57.7 Å². The van der Waals surface area contributed by atoms with Gasteiger partial charge in [0.2, 0.25) is 0 Å². The highest BCUT2D eigenvalue weighted by Gasteiger charge is 2.22. The summed E-state index contributed by atoms with van der Waals surface area (Å²) in [5, 5.41) is 12.0. The number of likely N-dealkylation sites (tertiary alicyclic amines) is 1. The fraction of sp³-hybridized carbons (Fsp3) is 0.333. The first kappa shape index (κ1) is 19.9. The fourth-order valence-electron chi connectivity index (χ4n) is 3.26. The van der Waals surface area contributed by atoms with E-state index in [4.69, 9.17) is 5.21 Å². The number of carbonyl (C=O) groups excluding carboxylic acids is 1. The first-order valence-electron chi connectivity index (χ1n) is 9.37. The number of hydrogen-bond acceptors (Lipinski definition) is 6. The van der Waals surface area contributed by atoms with Crippen LogP contribution >= 0.6 is 0 Å². The molecule has 0 saturated carbocycles. The van der Waals surface area contributed by atoms with Crippen LogP contribution in [0.2, 0.25) is 0 Å². The van der Waals surface area contributed by atoms with E-state index in [2.05, 4.69) is 58.5 Å². The molecule has 7 nitrogen and oxygen atoms in total. The SMILES string of the molecule is CN(C)c1ccc(CN2CC[C@@H](Nc3ccc(/C=C/C(=O)NO)cn3)C2)cc1. The molecule has 1 saturated heterocycles. The number of carbonyl (C=O) groups is 1. The number of anilines is 2. The second kappa shape index (κ2) is 9.34. The van der Waals surface area contributed by atoms with Gasteiger partial charge in [0.05, 0.1) is 0 Å². The Morgan fingerprint density at radius 3 is 2.71 bits per heavy atom. The highest BCUT2D eigenvalue weighted by atomic mass is 16.5. The molecule has 1 aromatic carbocycles. The topological polar surface area (TPSA) is 80.7 Å². The summed E-state index contributed by atoms with van der Waals surface area (Å²) >= 11 is 0. The first-order valence-corrected chi connectivity index (χ1v) is 9.37. The summed E-state index contributed by atoms with van der Waals surface area (Å²) in [4.78, 5) is 20.0. The zero-order chi connectivity index (χ0) is 19.9. The zero-order valence-corrected chi connectivity index (χ0v) is 16.3. The van der Waals surface area contributed by atoms with Gasteiger partial charge < -0.3 is 10.2 Å². The average molecular weight is 381 g/mol. The van der Waals surface area contributed by atoms with E-state index in [1.54, 1.807) is 17.8 Å². The Morgan fingerprint density at radius 1 is 1.29 bits per heavy atom. The molecule has 3 rings (SSSR count). The molecule has 1 fully saturated rings. The summed E-state index contributed by atoms with van der Waals surface area (Å²) in [7, 11) is 4.10. The van der Waals surface area contributed by atoms with Crippen molar-refractivity contribution in [3.8, 4) is 0 Å². The normalized spacial score (nSPS) is 17.0. The van der Waals surface area contributed by atoms with Gasteiger partial charge in [-0.25, -0.2) is 10.5 Å². The van der Waals surface area contributed by atoms with Gasteiger partial charge in [0.15, 0.2) is 0 Å². The van der Waals surface area contributed by atoms with Crippen LogP contribution in [0.25, 0.3) is 6.08 Å². The quantitative estimate of drug-likeness (QED) is 0.388. The number of nitrogens with one attached hydrogen (secondary N) is 2. The molecule has 0 aliphatic carbocycles. The van der Waals surface area contributed by atoms with E-state index in [1.807, 2.05) is 12.1 Å². The minimum absolute atomic E-state index is 0.370. The lowest BCUT2D eigenvalue weighted by Gasteiger charge is -2.18. The highest BCUT2D eigenvalue weighted by Crippen LogP contribution is 2.19. The lowest BCUT2D eigenvalue weighted by atomic mass is 10.2. The van der Waals surface area contributed by atoms with E-state index in [0.717, 1.165) is 37.4 Å². The van der Waals surface area contributed by atoms with Gasteiger partial charge in [-0.1, -0.05) is 12.1 Å². The van der Waals surface area contributed by atoms with Gasteiger partial charge in [-0.2, -0.15) is 0 Å².